The molecule has 20 heavy (non-hydrogen) atoms. The lowest BCUT2D eigenvalue weighted by molar-refractivity contribution is -0.150. The van der Waals surface area contributed by atoms with Crippen molar-refractivity contribution >= 4 is 11.8 Å². The number of hydrogen-bond donors (Lipinski definition) is 0. The Balaban J connectivity index is 2.18. The minimum Gasteiger partial charge on any atom is -0.468 e. The Morgan fingerprint density at radius 1 is 1.35 bits per heavy atom. The van der Waals surface area contributed by atoms with Crippen LogP contribution in [-0.4, -0.2) is 18.9 Å². The fraction of sp³-hybridized carbons (Fsp3) is 0.529. The van der Waals surface area contributed by atoms with Crippen LogP contribution in [0.3, 0.4) is 0 Å². The number of methoxy groups -OCH3 is 1. The molecule has 0 spiro atoms. The van der Waals surface area contributed by atoms with Gasteiger partial charge in [-0.25, -0.2) is 0 Å². The number of carbonyl (C=O) groups excluding carboxylic acids is 2. The lowest BCUT2D eigenvalue weighted by atomic mass is 9.86. The van der Waals surface area contributed by atoms with Crippen molar-refractivity contribution in [2.24, 2.45) is 5.92 Å². The maximum absolute atomic E-state index is 12.7. The number of ether oxygens (including phenoxy) is 1. The van der Waals surface area contributed by atoms with E-state index in [9.17, 15) is 9.59 Å². The van der Waals surface area contributed by atoms with Crippen LogP contribution < -0.4 is 0 Å². The molecule has 3 heteroatoms. The topological polar surface area (TPSA) is 43.4 Å². The van der Waals surface area contributed by atoms with Gasteiger partial charge in [-0.1, -0.05) is 44.0 Å². The van der Waals surface area contributed by atoms with Crippen LogP contribution in [0.4, 0.5) is 0 Å². The van der Waals surface area contributed by atoms with Crippen LogP contribution >= 0.6 is 0 Å². The molecule has 0 fully saturated rings. The van der Waals surface area contributed by atoms with Gasteiger partial charge in [-0.2, -0.15) is 0 Å². The van der Waals surface area contributed by atoms with Crippen molar-refractivity contribution in [2.75, 3.05) is 7.11 Å². The minimum absolute atomic E-state index is 0.0373. The highest BCUT2D eigenvalue weighted by molar-refractivity contribution is 6.02. The molecule has 1 aliphatic carbocycles. The Morgan fingerprint density at radius 3 is 2.80 bits per heavy atom. The highest BCUT2D eigenvalue weighted by Crippen LogP contribution is 2.36. The van der Waals surface area contributed by atoms with Gasteiger partial charge in [0.15, 0.2) is 5.78 Å². The Hall–Kier alpha value is -1.64. The third-order valence-electron chi connectivity index (χ3n) is 4.15. The standard InChI is InChI=1S/C17H22O3/c1-3-4-8-15(17(19)20-2)16(18)14-11-10-12-7-5-6-9-13(12)14/h5-7,9,14-15H,3-4,8,10-11H2,1-2H3. The quantitative estimate of drug-likeness (QED) is 0.590. The second-order valence-corrected chi connectivity index (χ2v) is 5.41. The summed E-state index contributed by atoms with van der Waals surface area (Å²) in [6.07, 6.45) is 4.19. The van der Waals surface area contributed by atoms with E-state index in [4.69, 9.17) is 4.74 Å². The van der Waals surface area contributed by atoms with Gasteiger partial charge in [0.25, 0.3) is 0 Å². The minimum atomic E-state index is -0.601. The highest BCUT2D eigenvalue weighted by Gasteiger charge is 2.36. The van der Waals surface area contributed by atoms with Crippen molar-refractivity contribution < 1.29 is 14.3 Å². The van der Waals surface area contributed by atoms with Crippen LogP contribution in [0.5, 0.6) is 0 Å². The Labute approximate surface area is 120 Å². The van der Waals surface area contributed by atoms with Gasteiger partial charge >= 0.3 is 5.97 Å². The average Bonchev–Trinajstić information content (AvgIpc) is 2.91. The van der Waals surface area contributed by atoms with Crippen LogP contribution in [0, 0.1) is 5.92 Å². The molecule has 0 saturated heterocycles. The predicted molar refractivity (Wildman–Crippen MR) is 77.5 cm³/mol. The SMILES string of the molecule is CCCCC(C(=O)OC)C(=O)C1CCc2ccccc21. The Kier molecular flexibility index (Phi) is 4.94. The van der Waals surface area contributed by atoms with Gasteiger partial charge in [0.05, 0.1) is 7.11 Å². The molecule has 1 aromatic carbocycles. The highest BCUT2D eigenvalue weighted by atomic mass is 16.5. The summed E-state index contributed by atoms with van der Waals surface area (Å²) in [5, 5.41) is 0. The molecular weight excluding hydrogens is 252 g/mol. The molecule has 3 nitrogen and oxygen atoms in total. The van der Waals surface area contributed by atoms with Crippen LogP contribution in [-0.2, 0) is 20.7 Å². The van der Waals surface area contributed by atoms with Crippen molar-refractivity contribution in [3.63, 3.8) is 0 Å². The van der Waals surface area contributed by atoms with E-state index in [0.29, 0.717) is 6.42 Å². The number of rotatable bonds is 6. The number of esters is 1. The predicted octanol–water partition coefficient (Wildman–Crippen LogP) is 3.26. The number of aryl methyl sites for hydroxylation is 1. The first-order valence-corrected chi connectivity index (χ1v) is 7.38. The second-order valence-electron chi connectivity index (χ2n) is 5.41. The smallest absolute Gasteiger partial charge is 0.316 e. The molecule has 0 bridgehead atoms. The molecule has 0 saturated carbocycles. The Morgan fingerprint density at radius 2 is 2.10 bits per heavy atom. The van der Waals surface area contributed by atoms with Gasteiger partial charge in [-0.3, -0.25) is 9.59 Å². The largest absolute Gasteiger partial charge is 0.468 e. The summed E-state index contributed by atoms with van der Waals surface area (Å²) in [5.41, 5.74) is 2.34. The molecule has 2 unspecified atom stereocenters. The van der Waals surface area contributed by atoms with Gasteiger partial charge in [0, 0.05) is 5.92 Å². The third kappa shape index (κ3) is 2.92. The summed E-state index contributed by atoms with van der Waals surface area (Å²) in [6, 6.07) is 8.05. The van der Waals surface area contributed by atoms with E-state index in [0.717, 1.165) is 31.2 Å². The molecule has 0 aromatic heterocycles. The van der Waals surface area contributed by atoms with E-state index in [2.05, 4.69) is 13.0 Å². The third-order valence-corrected chi connectivity index (χ3v) is 4.15. The first kappa shape index (κ1) is 14.8. The zero-order chi connectivity index (χ0) is 14.5. The first-order chi connectivity index (χ1) is 9.69. The van der Waals surface area contributed by atoms with Crippen molar-refractivity contribution in [1.82, 2.24) is 0 Å². The molecule has 0 aliphatic heterocycles. The van der Waals surface area contributed by atoms with Gasteiger partial charge in [0.2, 0.25) is 0 Å². The molecule has 0 N–H and O–H groups in total. The molecule has 2 atom stereocenters. The lowest BCUT2D eigenvalue weighted by Gasteiger charge is -2.18. The summed E-state index contributed by atoms with van der Waals surface area (Å²) in [5.74, 6) is -1.08. The van der Waals surface area contributed by atoms with Crippen LogP contribution in [0.1, 0.15) is 49.7 Å². The fourth-order valence-corrected chi connectivity index (χ4v) is 3.02. The maximum Gasteiger partial charge on any atom is 0.316 e. The zero-order valence-corrected chi connectivity index (χ0v) is 12.2. The summed E-state index contributed by atoms with van der Waals surface area (Å²) in [4.78, 5) is 24.6. The number of benzene rings is 1. The summed E-state index contributed by atoms with van der Waals surface area (Å²) >= 11 is 0. The summed E-state index contributed by atoms with van der Waals surface area (Å²) < 4.78 is 4.82. The average molecular weight is 274 g/mol. The molecular formula is C17H22O3. The molecule has 1 aliphatic rings. The molecule has 0 amide bonds. The van der Waals surface area contributed by atoms with E-state index < -0.39 is 5.92 Å². The van der Waals surface area contributed by atoms with Crippen molar-refractivity contribution in [1.29, 1.82) is 0 Å². The van der Waals surface area contributed by atoms with E-state index >= 15 is 0 Å². The second kappa shape index (κ2) is 6.69. The number of ketones is 1. The van der Waals surface area contributed by atoms with Crippen LogP contribution in [0.2, 0.25) is 0 Å². The zero-order valence-electron chi connectivity index (χ0n) is 12.2. The van der Waals surface area contributed by atoms with Crippen LogP contribution in [0.25, 0.3) is 0 Å². The molecule has 0 heterocycles. The first-order valence-electron chi connectivity index (χ1n) is 7.38. The molecule has 0 radical (unpaired) electrons. The Bertz CT molecular complexity index is 493. The van der Waals surface area contributed by atoms with E-state index in [-0.39, 0.29) is 17.7 Å². The monoisotopic (exact) mass is 274 g/mol. The van der Waals surface area contributed by atoms with E-state index in [1.807, 2.05) is 18.2 Å². The molecule has 108 valence electrons. The summed E-state index contributed by atoms with van der Waals surface area (Å²) in [6.45, 7) is 2.06. The van der Waals surface area contributed by atoms with Crippen molar-refractivity contribution in [3.05, 3.63) is 35.4 Å². The maximum atomic E-state index is 12.7. The molecule has 2 rings (SSSR count). The summed E-state index contributed by atoms with van der Waals surface area (Å²) in [7, 11) is 1.36. The fourth-order valence-electron chi connectivity index (χ4n) is 3.02. The van der Waals surface area contributed by atoms with Crippen molar-refractivity contribution in [2.45, 2.75) is 44.9 Å². The number of hydrogen-bond acceptors (Lipinski definition) is 3. The lowest BCUT2D eigenvalue weighted by Crippen LogP contribution is -2.29. The number of fused-ring (bicyclic) bond motifs is 1. The van der Waals surface area contributed by atoms with E-state index in [1.165, 1.54) is 12.7 Å². The van der Waals surface area contributed by atoms with Gasteiger partial charge < -0.3 is 4.74 Å². The molecule has 1 aromatic rings. The van der Waals surface area contributed by atoms with Gasteiger partial charge in [0.1, 0.15) is 5.92 Å². The van der Waals surface area contributed by atoms with Gasteiger partial charge in [-0.15, -0.1) is 0 Å². The van der Waals surface area contributed by atoms with Crippen molar-refractivity contribution in [3.8, 4) is 0 Å². The number of carbonyl (C=O) groups is 2. The number of Topliss-reactive ketones (excluding diaryl/α,β-unsaturated/α-hetero) is 1. The van der Waals surface area contributed by atoms with Gasteiger partial charge in [-0.05, 0) is 30.4 Å². The normalized spacial score (nSPS) is 18.4. The van der Waals surface area contributed by atoms with Crippen LogP contribution in [0.15, 0.2) is 24.3 Å². The van der Waals surface area contributed by atoms with E-state index in [1.54, 1.807) is 0 Å². The number of unbranched alkanes of at least 4 members (excludes halogenated alkanes) is 1.